The predicted molar refractivity (Wildman–Crippen MR) is 52.5 cm³/mol. The SMILES string of the molecule is [Br][Hg][c]1cccc2ccccc12. The van der Waals surface area contributed by atoms with Crippen molar-refractivity contribution in [3.8, 4) is 0 Å². The van der Waals surface area contributed by atoms with Crippen molar-refractivity contribution in [2.24, 2.45) is 0 Å². The summed E-state index contributed by atoms with van der Waals surface area (Å²) in [6, 6.07) is 15.2. The van der Waals surface area contributed by atoms with E-state index in [2.05, 4.69) is 54.4 Å². The van der Waals surface area contributed by atoms with Crippen LogP contribution in [0.2, 0.25) is 0 Å². The minimum absolute atomic E-state index is 0.904. The molecule has 0 aromatic heterocycles. The Morgan fingerprint density at radius 3 is 2.50 bits per heavy atom. The van der Waals surface area contributed by atoms with Gasteiger partial charge in [0.2, 0.25) is 0 Å². The molecule has 0 amide bonds. The van der Waals surface area contributed by atoms with Crippen LogP contribution in [0, 0.1) is 0 Å². The zero-order valence-corrected chi connectivity index (χ0v) is 13.7. The molecule has 0 aliphatic heterocycles. The second-order valence-electron chi connectivity index (χ2n) is 2.77. The molecule has 0 N–H and O–H groups in total. The third kappa shape index (κ3) is 1.57. The van der Waals surface area contributed by atoms with E-state index in [1.54, 1.807) is 3.07 Å². The average molecular weight is 408 g/mol. The van der Waals surface area contributed by atoms with Crippen molar-refractivity contribution in [1.82, 2.24) is 0 Å². The third-order valence-corrected chi connectivity index (χ3v) is 10.8. The number of fused-ring (bicyclic) bond motifs is 1. The fourth-order valence-electron chi connectivity index (χ4n) is 1.41. The quantitative estimate of drug-likeness (QED) is 0.638. The van der Waals surface area contributed by atoms with Crippen molar-refractivity contribution >= 4 is 25.8 Å². The molecule has 0 saturated carbocycles. The molecular formula is C10H7BrHg. The Bertz CT molecular complexity index is 392. The van der Waals surface area contributed by atoms with Crippen LogP contribution in [0.4, 0.5) is 0 Å². The van der Waals surface area contributed by atoms with Gasteiger partial charge in [-0.1, -0.05) is 0 Å². The second kappa shape index (κ2) is 3.88. The van der Waals surface area contributed by atoms with Gasteiger partial charge in [0.25, 0.3) is 0 Å². The summed E-state index contributed by atoms with van der Waals surface area (Å²) in [7, 11) is 0. The molecule has 0 aliphatic rings. The molecule has 0 saturated heterocycles. The first kappa shape index (κ1) is 8.70. The molecule has 0 atom stereocenters. The van der Waals surface area contributed by atoms with E-state index < -0.39 is 22.1 Å². The maximum atomic E-state index is 3.70. The fraction of sp³-hybridized carbons (Fsp3) is 0. The molecule has 2 heteroatoms. The van der Waals surface area contributed by atoms with Gasteiger partial charge in [0.05, 0.1) is 0 Å². The van der Waals surface area contributed by atoms with E-state index >= 15 is 0 Å². The zero-order chi connectivity index (χ0) is 8.39. The van der Waals surface area contributed by atoms with Crippen LogP contribution < -0.4 is 3.07 Å². The summed E-state index contributed by atoms with van der Waals surface area (Å²) in [6.07, 6.45) is 0. The Balaban J connectivity index is 2.79. The molecular weight excluding hydrogens is 401 g/mol. The summed E-state index contributed by atoms with van der Waals surface area (Å²) < 4.78 is 1.58. The first-order valence-electron chi connectivity index (χ1n) is 3.94. The number of hydrogen-bond donors (Lipinski definition) is 0. The summed E-state index contributed by atoms with van der Waals surface area (Å²) in [5.41, 5.74) is 0. The molecule has 0 heterocycles. The molecule has 0 aliphatic carbocycles. The predicted octanol–water partition coefficient (Wildman–Crippen LogP) is 2.86. The van der Waals surface area contributed by atoms with Crippen LogP contribution in [-0.2, 0) is 22.1 Å². The fourth-order valence-corrected chi connectivity index (χ4v) is 8.39. The van der Waals surface area contributed by atoms with Gasteiger partial charge in [0, 0.05) is 0 Å². The number of rotatable bonds is 1. The molecule has 0 bridgehead atoms. The van der Waals surface area contributed by atoms with E-state index in [0.29, 0.717) is 0 Å². The van der Waals surface area contributed by atoms with Gasteiger partial charge in [-0.05, 0) is 0 Å². The Morgan fingerprint density at radius 1 is 0.917 bits per heavy atom. The van der Waals surface area contributed by atoms with Gasteiger partial charge in [-0.25, -0.2) is 0 Å². The molecule has 0 fully saturated rings. The Kier molecular flexibility index (Phi) is 2.82. The first-order chi connectivity index (χ1) is 5.92. The molecule has 2 rings (SSSR count). The molecule has 0 radical (unpaired) electrons. The van der Waals surface area contributed by atoms with Crippen LogP contribution >= 0.6 is 11.9 Å². The molecule has 0 unspecified atom stereocenters. The van der Waals surface area contributed by atoms with Crippen LogP contribution in [0.3, 0.4) is 0 Å². The first-order valence-corrected chi connectivity index (χ1v) is 18.6. The summed E-state index contributed by atoms with van der Waals surface area (Å²) in [4.78, 5) is 0. The van der Waals surface area contributed by atoms with E-state index in [9.17, 15) is 0 Å². The number of hydrogen-bond acceptors (Lipinski definition) is 0. The van der Waals surface area contributed by atoms with Gasteiger partial charge >= 0.3 is 90.4 Å². The summed E-state index contributed by atoms with van der Waals surface area (Å²) in [5, 5.41) is 2.81. The summed E-state index contributed by atoms with van der Waals surface area (Å²) in [6.45, 7) is 0. The van der Waals surface area contributed by atoms with Crippen LogP contribution in [0.25, 0.3) is 10.8 Å². The van der Waals surface area contributed by atoms with Gasteiger partial charge in [-0.15, -0.1) is 0 Å². The monoisotopic (exact) mass is 408 g/mol. The van der Waals surface area contributed by atoms with Gasteiger partial charge in [0.15, 0.2) is 0 Å². The summed E-state index contributed by atoms with van der Waals surface area (Å²) >= 11 is 2.80. The molecule has 0 spiro atoms. The number of halogens is 1. The van der Waals surface area contributed by atoms with E-state index in [-0.39, 0.29) is 0 Å². The van der Waals surface area contributed by atoms with E-state index in [0.717, 1.165) is 0 Å². The Hall–Kier alpha value is 0.115. The van der Waals surface area contributed by atoms with Crippen LogP contribution in [0.5, 0.6) is 0 Å². The minimum atomic E-state index is -0.904. The van der Waals surface area contributed by atoms with E-state index in [4.69, 9.17) is 0 Å². The normalized spacial score (nSPS) is 9.75. The number of benzene rings is 2. The van der Waals surface area contributed by atoms with Gasteiger partial charge in [0.1, 0.15) is 0 Å². The molecule has 56 valence electrons. The molecule has 0 nitrogen and oxygen atoms in total. The van der Waals surface area contributed by atoms with Crippen molar-refractivity contribution in [2.45, 2.75) is 0 Å². The molecule has 2 aromatic rings. The standard InChI is InChI=1S/C10H7.BrH.Hg/c1-2-6-10-8-4-3-7-9(10)5-1;;/h1-7H;1H;/q;;+1/p-1. The van der Waals surface area contributed by atoms with Crippen LogP contribution in [0.1, 0.15) is 0 Å². The van der Waals surface area contributed by atoms with Crippen molar-refractivity contribution < 1.29 is 22.1 Å². The van der Waals surface area contributed by atoms with Gasteiger partial charge < -0.3 is 0 Å². The van der Waals surface area contributed by atoms with Crippen molar-refractivity contribution in [3.05, 3.63) is 42.5 Å². The van der Waals surface area contributed by atoms with Gasteiger partial charge in [-0.2, -0.15) is 0 Å². The van der Waals surface area contributed by atoms with Crippen LogP contribution in [-0.4, -0.2) is 0 Å². The van der Waals surface area contributed by atoms with E-state index in [1.807, 2.05) is 0 Å². The van der Waals surface area contributed by atoms with E-state index in [1.165, 1.54) is 10.8 Å². The topological polar surface area (TPSA) is 0 Å². The third-order valence-electron chi connectivity index (χ3n) is 2.02. The van der Waals surface area contributed by atoms with Crippen molar-refractivity contribution in [3.63, 3.8) is 0 Å². The average Bonchev–Trinajstić information content (AvgIpc) is 2.17. The van der Waals surface area contributed by atoms with Crippen molar-refractivity contribution in [2.75, 3.05) is 0 Å². The Morgan fingerprint density at radius 2 is 1.67 bits per heavy atom. The van der Waals surface area contributed by atoms with Crippen molar-refractivity contribution in [1.29, 1.82) is 0 Å². The molecule has 2 aromatic carbocycles. The van der Waals surface area contributed by atoms with Gasteiger partial charge in [-0.3, -0.25) is 0 Å². The summed E-state index contributed by atoms with van der Waals surface area (Å²) in [5.74, 6) is 0. The maximum absolute atomic E-state index is 3.70. The van der Waals surface area contributed by atoms with Crippen LogP contribution in [0.15, 0.2) is 42.5 Å². The zero-order valence-electron chi connectivity index (χ0n) is 6.63. The second-order valence-corrected chi connectivity index (χ2v) is 11.7. The Labute approximate surface area is 89.7 Å². The molecule has 12 heavy (non-hydrogen) atoms.